The normalized spacial score (nSPS) is 27.8. The van der Waals surface area contributed by atoms with Crippen molar-refractivity contribution in [2.24, 2.45) is 11.3 Å². The Labute approximate surface area is 270 Å². The second-order valence-electron chi connectivity index (χ2n) is 15.1. The minimum absolute atomic E-state index is 0.0474. The molecule has 2 bridgehead atoms. The Morgan fingerprint density at radius 2 is 1.64 bits per heavy atom. The number of aromatic nitrogens is 4. The van der Waals surface area contributed by atoms with Crippen molar-refractivity contribution in [3.8, 4) is 11.3 Å². The molecule has 0 radical (unpaired) electrons. The van der Waals surface area contributed by atoms with E-state index in [0.717, 1.165) is 38.5 Å². The van der Waals surface area contributed by atoms with Gasteiger partial charge in [0.2, 0.25) is 5.91 Å². The number of carbonyl (C=O) groups excluding carboxylic acids is 1. The fraction of sp³-hybridized carbons (Fsp3) is 0.618. The molecule has 47 heavy (non-hydrogen) atoms. The molecule has 0 atom stereocenters. The van der Waals surface area contributed by atoms with E-state index in [0.29, 0.717) is 35.0 Å². The Bertz CT molecular complexity index is 1600. The second kappa shape index (κ2) is 11.3. The molecule has 1 amide bonds. The number of carbonyl (C=O) groups is 1. The van der Waals surface area contributed by atoms with Gasteiger partial charge in [-0.2, -0.15) is 28.4 Å². The number of alkyl halides is 4. The van der Waals surface area contributed by atoms with Crippen LogP contribution in [-0.2, 0) is 21.5 Å². The highest BCUT2D eigenvalue weighted by molar-refractivity contribution is 5.94. The van der Waals surface area contributed by atoms with Crippen LogP contribution in [0.5, 0.6) is 0 Å². The predicted octanol–water partition coefficient (Wildman–Crippen LogP) is 6.68. The molecule has 13 heteroatoms. The van der Waals surface area contributed by atoms with E-state index in [1.165, 1.54) is 13.8 Å². The van der Waals surface area contributed by atoms with Crippen LogP contribution in [-0.4, -0.2) is 54.8 Å². The van der Waals surface area contributed by atoms with Crippen LogP contribution in [0, 0.1) is 11.3 Å². The number of hydrogen-bond donors (Lipinski definition) is 2. The van der Waals surface area contributed by atoms with E-state index in [9.17, 15) is 32.6 Å². The third-order valence-electron chi connectivity index (χ3n) is 10.6. The number of amides is 1. The lowest BCUT2D eigenvalue weighted by Gasteiger charge is -2.53. The largest absolute Gasteiger partial charge is 0.417 e. The van der Waals surface area contributed by atoms with Gasteiger partial charge in [-0.1, -0.05) is 17.3 Å². The van der Waals surface area contributed by atoms with Gasteiger partial charge in [-0.25, -0.2) is 4.39 Å². The lowest BCUT2D eigenvalue weighted by atomic mass is 9.53. The zero-order valence-corrected chi connectivity index (χ0v) is 27.1. The molecule has 3 aromatic rings. The zero-order chi connectivity index (χ0) is 34.0. The number of anilines is 1. The summed E-state index contributed by atoms with van der Waals surface area (Å²) in [7, 11) is 0. The third-order valence-corrected chi connectivity index (χ3v) is 10.6. The van der Waals surface area contributed by atoms with Gasteiger partial charge in [0.15, 0.2) is 17.1 Å². The first-order valence-corrected chi connectivity index (χ1v) is 16.1. The smallest absolute Gasteiger partial charge is 0.384 e. The maximum Gasteiger partial charge on any atom is 0.417 e. The van der Waals surface area contributed by atoms with Crippen molar-refractivity contribution < 1.29 is 37.1 Å². The molecule has 4 saturated carbocycles. The van der Waals surface area contributed by atoms with Crippen LogP contribution in [0.25, 0.3) is 11.3 Å². The number of benzene rings is 1. The fourth-order valence-corrected chi connectivity index (χ4v) is 7.45. The quantitative estimate of drug-likeness (QED) is 0.244. The highest BCUT2D eigenvalue weighted by Crippen LogP contribution is 2.58. The Morgan fingerprint density at radius 3 is 2.17 bits per heavy atom. The average Bonchev–Trinajstić information content (AvgIpc) is 3.52. The van der Waals surface area contributed by atoms with Crippen molar-refractivity contribution in [1.82, 2.24) is 20.3 Å². The van der Waals surface area contributed by atoms with Gasteiger partial charge in [0, 0.05) is 29.6 Å². The fourth-order valence-electron chi connectivity index (χ4n) is 7.45. The van der Waals surface area contributed by atoms with Crippen LogP contribution < -0.4 is 4.90 Å². The Hall–Kier alpha value is -3.45. The minimum Gasteiger partial charge on any atom is -0.384 e. The number of nitrogens with zero attached hydrogens (tertiary/aromatic N) is 5. The van der Waals surface area contributed by atoms with Gasteiger partial charge in [-0.3, -0.25) is 4.79 Å². The van der Waals surface area contributed by atoms with Crippen molar-refractivity contribution in [2.75, 3.05) is 11.4 Å². The van der Waals surface area contributed by atoms with Gasteiger partial charge < -0.3 is 19.6 Å². The molecule has 2 heterocycles. The summed E-state index contributed by atoms with van der Waals surface area (Å²) in [6, 6.07) is 10.7. The zero-order valence-electron chi connectivity index (χ0n) is 27.1. The molecule has 0 spiro atoms. The first kappa shape index (κ1) is 33.5. The van der Waals surface area contributed by atoms with Gasteiger partial charge in [0.1, 0.15) is 5.60 Å². The van der Waals surface area contributed by atoms with E-state index in [1.807, 2.05) is 12.1 Å². The number of fused-ring (bicyclic) bond motifs is 3. The molecule has 1 aromatic carbocycles. The van der Waals surface area contributed by atoms with Gasteiger partial charge in [0.05, 0.1) is 11.4 Å². The van der Waals surface area contributed by atoms with Gasteiger partial charge >= 0.3 is 6.18 Å². The molecule has 4 aliphatic carbocycles. The predicted molar refractivity (Wildman–Crippen MR) is 164 cm³/mol. The first-order valence-electron chi connectivity index (χ1n) is 16.1. The van der Waals surface area contributed by atoms with E-state index >= 15 is 0 Å². The summed E-state index contributed by atoms with van der Waals surface area (Å²) < 4.78 is 59.8. The van der Waals surface area contributed by atoms with Crippen LogP contribution in [0.1, 0.15) is 103 Å². The third kappa shape index (κ3) is 6.40. The maximum atomic E-state index is 14.5. The monoisotopic (exact) mass is 659 g/mol. The van der Waals surface area contributed by atoms with E-state index in [4.69, 9.17) is 4.52 Å². The van der Waals surface area contributed by atoms with E-state index in [1.54, 1.807) is 43.0 Å². The first-order chi connectivity index (χ1) is 21.8. The molecule has 4 fully saturated rings. The Balaban J connectivity index is 1.24. The van der Waals surface area contributed by atoms with Gasteiger partial charge in [-0.15, -0.1) is 0 Å². The van der Waals surface area contributed by atoms with Crippen LogP contribution in [0.2, 0.25) is 0 Å². The summed E-state index contributed by atoms with van der Waals surface area (Å²) in [5.41, 5.74) is -4.00. The van der Waals surface area contributed by atoms with Crippen LogP contribution >= 0.6 is 0 Å². The van der Waals surface area contributed by atoms with Crippen LogP contribution in [0.4, 0.5) is 23.2 Å². The van der Waals surface area contributed by atoms with Crippen molar-refractivity contribution in [2.45, 2.75) is 114 Å². The molecule has 9 nitrogen and oxygen atoms in total. The molecule has 2 N–H and O–H groups in total. The highest BCUT2D eigenvalue weighted by atomic mass is 19.4. The summed E-state index contributed by atoms with van der Waals surface area (Å²) in [4.78, 5) is 20.1. The van der Waals surface area contributed by atoms with E-state index in [-0.39, 0.29) is 29.0 Å². The summed E-state index contributed by atoms with van der Waals surface area (Å²) in [6.45, 7) is 6.35. The van der Waals surface area contributed by atoms with Crippen molar-refractivity contribution in [3.05, 3.63) is 53.8 Å². The maximum absolute atomic E-state index is 14.5. The second-order valence-corrected chi connectivity index (χ2v) is 15.1. The topological polar surface area (TPSA) is 125 Å². The summed E-state index contributed by atoms with van der Waals surface area (Å²) in [5, 5.41) is 32.9. The van der Waals surface area contributed by atoms with Crippen molar-refractivity contribution in [1.29, 1.82) is 0 Å². The number of halogens is 4. The van der Waals surface area contributed by atoms with Gasteiger partial charge in [0.25, 0.3) is 5.89 Å². The molecule has 7 rings (SSSR count). The standard InChI is InChI=1S/C34H41F4N5O4/c1-29(2,35)28-39-27(42-47-28)32-13-10-31(11-14-32,12-15-32)20-43(26(44)16-21-18-33(46,19-21)34(36,37)38)23-7-5-6-22(17-23)24-8-9-25(41-40-24)30(3,4)45/h5-9,17,21,45-46H,10-16,18-20H2,1-4H3. The lowest BCUT2D eigenvalue weighted by Crippen LogP contribution is -2.56. The van der Waals surface area contributed by atoms with Crippen LogP contribution in [0.15, 0.2) is 40.9 Å². The average molecular weight is 660 g/mol. The number of rotatable bonds is 9. The molecular weight excluding hydrogens is 618 g/mol. The Morgan fingerprint density at radius 1 is 0.979 bits per heavy atom. The molecular formula is C34H41F4N5O4. The number of aliphatic hydroxyl groups is 2. The molecule has 0 unspecified atom stereocenters. The van der Waals surface area contributed by atoms with Crippen molar-refractivity contribution in [3.63, 3.8) is 0 Å². The number of hydrogen-bond acceptors (Lipinski definition) is 8. The molecule has 4 aliphatic rings. The molecule has 0 aliphatic heterocycles. The minimum atomic E-state index is -4.74. The van der Waals surface area contributed by atoms with E-state index in [2.05, 4.69) is 20.3 Å². The Kier molecular flexibility index (Phi) is 8.06. The summed E-state index contributed by atoms with van der Waals surface area (Å²) in [6.07, 6.45) is -1.35. The SMILES string of the molecule is CC(C)(O)c1ccc(-c2cccc(N(CC34CCC(c5noc(C(C)(C)F)n5)(CC3)CC4)C(=O)CC3CC(O)(C(F)(F)F)C3)c2)nn1. The summed E-state index contributed by atoms with van der Waals surface area (Å²) in [5.74, 6) is -0.417. The summed E-state index contributed by atoms with van der Waals surface area (Å²) >= 11 is 0. The van der Waals surface area contributed by atoms with Crippen LogP contribution in [0.3, 0.4) is 0 Å². The molecule has 2 aromatic heterocycles. The molecule has 254 valence electrons. The molecule has 0 saturated heterocycles. The highest BCUT2D eigenvalue weighted by Gasteiger charge is 2.61. The van der Waals surface area contributed by atoms with E-state index < -0.39 is 41.8 Å². The van der Waals surface area contributed by atoms with Gasteiger partial charge in [-0.05, 0) is 115 Å². The lowest BCUT2D eigenvalue weighted by molar-refractivity contribution is -0.298. The van der Waals surface area contributed by atoms with Crippen molar-refractivity contribution >= 4 is 11.6 Å².